The Hall–Kier alpha value is -3.21. The molecule has 0 aliphatic carbocycles. The van der Waals surface area contributed by atoms with Crippen LogP contribution in [0.5, 0.6) is 0 Å². The third kappa shape index (κ3) is 2.78. The van der Waals surface area contributed by atoms with Crippen LogP contribution in [0.15, 0.2) is 76.7 Å². The molecule has 2 aromatic carbocycles. The first-order valence-electron chi connectivity index (χ1n) is 6.74. The molecule has 5 nitrogen and oxygen atoms in total. The summed E-state index contributed by atoms with van der Waals surface area (Å²) >= 11 is 0. The van der Waals surface area contributed by atoms with Gasteiger partial charge in [0.05, 0.1) is 17.2 Å². The first kappa shape index (κ1) is 13.8. The number of nitrogens with one attached hydrogen (secondary N) is 2. The number of rotatable bonds is 0. The lowest BCUT2D eigenvalue weighted by Crippen LogP contribution is -2.05. The smallest absolute Gasteiger partial charge is 0.280 e. The van der Waals surface area contributed by atoms with Crippen molar-refractivity contribution in [2.45, 2.75) is 0 Å². The zero-order valence-electron chi connectivity index (χ0n) is 11.6. The molecule has 0 amide bonds. The van der Waals surface area contributed by atoms with Crippen LogP contribution < -0.4 is 11.0 Å². The molecule has 0 spiro atoms. The number of para-hydroxylation sites is 2. The SMILES string of the molecule is O=c1cc[nH]c2ccccc12.O=c1nc[nH]c2ccccc12. The molecule has 0 radical (unpaired) electrons. The van der Waals surface area contributed by atoms with Crippen molar-refractivity contribution in [2.75, 3.05) is 0 Å². The van der Waals surface area contributed by atoms with E-state index >= 15 is 0 Å². The summed E-state index contributed by atoms with van der Waals surface area (Å²) < 4.78 is 0. The van der Waals surface area contributed by atoms with Gasteiger partial charge in [-0.15, -0.1) is 0 Å². The quantitative estimate of drug-likeness (QED) is 0.522. The van der Waals surface area contributed by atoms with Crippen molar-refractivity contribution in [3.05, 3.63) is 87.7 Å². The minimum atomic E-state index is -0.181. The highest BCUT2D eigenvalue weighted by Gasteiger charge is 1.94. The molecule has 0 saturated carbocycles. The lowest BCUT2D eigenvalue weighted by molar-refractivity contribution is 1.17. The van der Waals surface area contributed by atoms with E-state index in [4.69, 9.17) is 0 Å². The normalized spacial score (nSPS) is 10.2. The minimum Gasteiger partial charge on any atom is -0.361 e. The molecule has 5 heteroatoms. The van der Waals surface area contributed by atoms with Crippen LogP contribution in [0.25, 0.3) is 21.8 Å². The van der Waals surface area contributed by atoms with Crippen molar-refractivity contribution in [1.29, 1.82) is 0 Å². The summed E-state index contributed by atoms with van der Waals surface area (Å²) in [5.74, 6) is 0. The molecule has 0 atom stereocenters. The lowest BCUT2D eigenvalue weighted by Gasteiger charge is -1.92. The Morgan fingerprint density at radius 3 is 2.05 bits per heavy atom. The summed E-state index contributed by atoms with van der Waals surface area (Å²) in [5, 5.41) is 1.38. The highest BCUT2D eigenvalue weighted by molar-refractivity contribution is 5.77. The Morgan fingerprint density at radius 1 is 0.727 bits per heavy atom. The van der Waals surface area contributed by atoms with Gasteiger partial charge in [-0.1, -0.05) is 24.3 Å². The maximum absolute atomic E-state index is 11.2. The van der Waals surface area contributed by atoms with Gasteiger partial charge in [0.1, 0.15) is 0 Å². The summed E-state index contributed by atoms with van der Waals surface area (Å²) in [6.07, 6.45) is 3.06. The maximum Gasteiger partial charge on any atom is 0.280 e. The third-order valence-corrected chi connectivity index (χ3v) is 3.23. The van der Waals surface area contributed by atoms with Gasteiger partial charge in [-0.3, -0.25) is 9.59 Å². The first-order valence-corrected chi connectivity index (χ1v) is 6.74. The molecular formula is C17H13N3O2. The number of aromatic amines is 2. The largest absolute Gasteiger partial charge is 0.361 e. The van der Waals surface area contributed by atoms with Crippen LogP contribution in [-0.4, -0.2) is 15.0 Å². The van der Waals surface area contributed by atoms with Crippen LogP contribution >= 0.6 is 0 Å². The molecule has 22 heavy (non-hydrogen) atoms. The highest BCUT2D eigenvalue weighted by Crippen LogP contribution is 2.03. The topological polar surface area (TPSA) is 78.6 Å². The van der Waals surface area contributed by atoms with Crippen LogP contribution in [0.3, 0.4) is 0 Å². The Kier molecular flexibility index (Phi) is 3.78. The van der Waals surface area contributed by atoms with Gasteiger partial charge in [-0.2, -0.15) is 4.98 Å². The van der Waals surface area contributed by atoms with Gasteiger partial charge in [-0.25, -0.2) is 0 Å². The highest BCUT2D eigenvalue weighted by atomic mass is 16.1. The summed E-state index contributed by atoms with van der Waals surface area (Å²) in [4.78, 5) is 31.7. The molecule has 2 N–H and O–H groups in total. The number of fused-ring (bicyclic) bond motifs is 2. The van der Waals surface area contributed by atoms with Gasteiger partial charge < -0.3 is 9.97 Å². The van der Waals surface area contributed by atoms with E-state index in [1.165, 1.54) is 12.4 Å². The lowest BCUT2D eigenvalue weighted by atomic mass is 10.2. The maximum atomic E-state index is 11.2. The first-order chi connectivity index (χ1) is 10.8. The van der Waals surface area contributed by atoms with Gasteiger partial charge in [0.25, 0.3) is 5.56 Å². The molecule has 0 aliphatic heterocycles. The second kappa shape index (κ2) is 6.05. The Balaban J connectivity index is 0.000000131. The van der Waals surface area contributed by atoms with Gasteiger partial charge in [0.2, 0.25) is 0 Å². The molecule has 0 unspecified atom stereocenters. The second-order valence-electron chi connectivity index (χ2n) is 4.64. The molecule has 0 fully saturated rings. The van der Waals surface area contributed by atoms with Crippen molar-refractivity contribution in [3.8, 4) is 0 Å². The van der Waals surface area contributed by atoms with Crippen LogP contribution in [0.1, 0.15) is 0 Å². The van der Waals surface area contributed by atoms with Crippen LogP contribution in [-0.2, 0) is 0 Å². The number of hydrogen-bond acceptors (Lipinski definition) is 3. The zero-order valence-corrected chi connectivity index (χ0v) is 11.6. The molecule has 0 aliphatic rings. The summed E-state index contributed by atoms with van der Waals surface area (Å²) in [5.41, 5.74) is 1.60. The molecular weight excluding hydrogens is 278 g/mol. The molecule has 2 heterocycles. The predicted molar refractivity (Wildman–Crippen MR) is 86.9 cm³/mol. The van der Waals surface area contributed by atoms with E-state index in [9.17, 15) is 9.59 Å². The van der Waals surface area contributed by atoms with Gasteiger partial charge in [0, 0.05) is 23.2 Å². The van der Waals surface area contributed by atoms with Crippen LogP contribution in [0, 0.1) is 0 Å². The average Bonchev–Trinajstić information content (AvgIpc) is 2.57. The van der Waals surface area contributed by atoms with E-state index in [0.717, 1.165) is 16.4 Å². The number of pyridine rings is 1. The minimum absolute atomic E-state index is 0.0688. The number of benzene rings is 2. The number of H-pyrrole nitrogens is 2. The van der Waals surface area contributed by atoms with Gasteiger partial charge >= 0.3 is 0 Å². The fraction of sp³-hybridized carbons (Fsp3) is 0. The van der Waals surface area contributed by atoms with E-state index < -0.39 is 0 Å². The van der Waals surface area contributed by atoms with E-state index in [1.807, 2.05) is 42.5 Å². The predicted octanol–water partition coefficient (Wildman–Crippen LogP) is 2.45. The molecule has 4 rings (SSSR count). The van der Waals surface area contributed by atoms with Crippen LogP contribution in [0.2, 0.25) is 0 Å². The van der Waals surface area contributed by atoms with E-state index in [2.05, 4.69) is 15.0 Å². The van der Waals surface area contributed by atoms with Gasteiger partial charge in [0.15, 0.2) is 5.43 Å². The van der Waals surface area contributed by atoms with Gasteiger partial charge in [-0.05, 0) is 24.3 Å². The Labute approximate surface area is 125 Å². The van der Waals surface area contributed by atoms with Crippen molar-refractivity contribution >= 4 is 21.8 Å². The van der Waals surface area contributed by atoms with E-state index in [1.54, 1.807) is 12.3 Å². The third-order valence-electron chi connectivity index (χ3n) is 3.23. The van der Waals surface area contributed by atoms with E-state index in [0.29, 0.717) is 5.39 Å². The summed E-state index contributed by atoms with van der Waals surface area (Å²) in [6.45, 7) is 0. The Bertz CT molecular complexity index is 939. The number of hydrogen-bond donors (Lipinski definition) is 2. The van der Waals surface area contributed by atoms with E-state index in [-0.39, 0.29) is 11.0 Å². The standard InChI is InChI=1S/C9H7NO.C8H6N2O/c11-9-5-6-10-8-4-2-1-3-7(8)9;11-8-6-3-1-2-4-7(6)9-5-10-8/h1-6H,(H,10,11);1-5H,(H,9,10,11). The second-order valence-corrected chi connectivity index (χ2v) is 4.64. The van der Waals surface area contributed by atoms with Crippen LogP contribution in [0.4, 0.5) is 0 Å². The fourth-order valence-electron chi connectivity index (χ4n) is 2.15. The zero-order chi connectivity index (χ0) is 15.4. The summed E-state index contributed by atoms with van der Waals surface area (Å²) in [6, 6.07) is 16.3. The molecule has 4 aromatic rings. The van der Waals surface area contributed by atoms with Crippen molar-refractivity contribution in [2.24, 2.45) is 0 Å². The molecule has 2 aromatic heterocycles. The van der Waals surface area contributed by atoms with Crippen molar-refractivity contribution < 1.29 is 0 Å². The fourth-order valence-corrected chi connectivity index (χ4v) is 2.15. The van der Waals surface area contributed by atoms with Crippen molar-refractivity contribution in [1.82, 2.24) is 15.0 Å². The molecule has 0 bridgehead atoms. The monoisotopic (exact) mass is 291 g/mol. The number of aromatic nitrogens is 3. The van der Waals surface area contributed by atoms with Crippen molar-refractivity contribution in [3.63, 3.8) is 0 Å². The molecule has 0 saturated heterocycles. The number of nitrogens with zero attached hydrogens (tertiary/aromatic N) is 1. The Morgan fingerprint density at radius 2 is 1.36 bits per heavy atom. The average molecular weight is 291 g/mol. The summed E-state index contributed by atoms with van der Waals surface area (Å²) in [7, 11) is 0. The molecule has 108 valence electrons.